The quantitative estimate of drug-likeness (QED) is 0.191. The first-order chi connectivity index (χ1) is 18.6. The van der Waals surface area contributed by atoms with Gasteiger partial charge in [-0.3, -0.25) is 9.48 Å². The molecule has 6 rings (SSSR count). The number of fused-ring (bicyclic) bond motifs is 1. The van der Waals surface area contributed by atoms with Crippen molar-refractivity contribution in [2.24, 2.45) is 23.1 Å². The molecule has 190 valence electrons. The van der Waals surface area contributed by atoms with Crippen LogP contribution in [0.2, 0.25) is 0 Å². The van der Waals surface area contributed by atoms with Crippen LogP contribution >= 0.6 is 11.3 Å². The van der Waals surface area contributed by atoms with Crippen molar-refractivity contribution in [3.05, 3.63) is 111 Å². The Hall–Kier alpha value is -4.23. The highest BCUT2D eigenvalue weighted by Crippen LogP contribution is 2.29. The Kier molecular flexibility index (Phi) is 6.52. The SMILES string of the molecule is Cc1c(N=c2scc(-c3cccc4ccccc34)n2N=CC2CC=CCC2)c(=O)n(-c2ccccc2)n1C. The lowest BCUT2D eigenvalue weighted by molar-refractivity contribution is 0.622. The van der Waals surface area contributed by atoms with E-state index in [1.54, 1.807) is 4.68 Å². The van der Waals surface area contributed by atoms with Crippen molar-refractivity contribution in [3.63, 3.8) is 0 Å². The molecule has 0 aliphatic heterocycles. The molecule has 0 fully saturated rings. The van der Waals surface area contributed by atoms with Crippen molar-refractivity contribution < 1.29 is 0 Å². The number of para-hydroxylation sites is 1. The van der Waals surface area contributed by atoms with E-state index in [0.29, 0.717) is 16.4 Å². The summed E-state index contributed by atoms with van der Waals surface area (Å²) in [5.41, 5.74) is 3.94. The first-order valence-electron chi connectivity index (χ1n) is 12.9. The molecule has 1 aliphatic rings. The number of aromatic nitrogens is 3. The fraction of sp³-hybridized carbons (Fsp3) is 0.194. The molecule has 0 amide bonds. The summed E-state index contributed by atoms with van der Waals surface area (Å²) >= 11 is 1.50. The molecule has 6 nitrogen and oxygen atoms in total. The van der Waals surface area contributed by atoms with Crippen molar-refractivity contribution in [3.8, 4) is 16.9 Å². The summed E-state index contributed by atoms with van der Waals surface area (Å²) in [6.45, 7) is 1.93. The lowest BCUT2D eigenvalue weighted by Gasteiger charge is -2.13. The molecular weight excluding hydrogens is 490 g/mol. The van der Waals surface area contributed by atoms with E-state index in [1.165, 1.54) is 16.7 Å². The van der Waals surface area contributed by atoms with Gasteiger partial charge in [-0.05, 0) is 55.0 Å². The third kappa shape index (κ3) is 4.39. The minimum atomic E-state index is -0.149. The van der Waals surface area contributed by atoms with Crippen molar-refractivity contribution in [2.45, 2.75) is 26.2 Å². The van der Waals surface area contributed by atoms with E-state index in [1.807, 2.05) is 59.9 Å². The smallest absolute Gasteiger partial charge is 0.283 e. The predicted octanol–water partition coefficient (Wildman–Crippen LogP) is 6.59. The maximum absolute atomic E-state index is 13.6. The first kappa shape index (κ1) is 24.1. The van der Waals surface area contributed by atoms with E-state index >= 15 is 0 Å². The maximum atomic E-state index is 13.6. The number of hydrogen-bond acceptors (Lipinski definition) is 4. The Morgan fingerprint density at radius 3 is 2.58 bits per heavy atom. The summed E-state index contributed by atoms with van der Waals surface area (Å²) < 4.78 is 5.43. The van der Waals surface area contributed by atoms with Crippen LogP contribution in [0.4, 0.5) is 5.69 Å². The van der Waals surface area contributed by atoms with Crippen LogP contribution in [-0.2, 0) is 7.05 Å². The van der Waals surface area contributed by atoms with Gasteiger partial charge in [-0.25, -0.2) is 14.4 Å². The van der Waals surface area contributed by atoms with Gasteiger partial charge in [0, 0.05) is 24.2 Å². The Labute approximate surface area is 225 Å². The normalized spacial score (nSPS) is 16.2. The summed E-state index contributed by atoms with van der Waals surface area (Å²) in [4.78, 5) is 19.2. The summed E-state index contributed by atoms with van der Waals surface area (Å²) in [6.07, 6.45) is 9.66. The zero-order valence-electron chi connectivity index (χ0n) is 21.5. The molecule has 7 heteroatoms. The summed E-state index contributed by atoms with van der Waals surface area (Å²) in [6, 6.07) is 24.4. The summed E-state index contributed by atoms with van der Waals surface area (Å²) in [7, 11) is 1.89. The molecule has 0 spiro atoms. The standard InChI is InChI=1S/C31H29N5OS/c1-22-29(30(37)36(34(22)2)25-16-7-4-8-17-25)33-31-35(32-20-23-12-5-3-6-13-23)28(21-38-31)27-19-11-15-24-14-9-10-18-26(24)27/h3-5,7-11,14-21,23H,6,12-13H2,1-2H3. The van der Waals surface area contributed by atoms with Crippen LogP contribution in [0.3, 0.4) is 0 Å². The fourth-order valence-electron chi connectivity index (χ4n) is 5.02. The van der Waals surface area contributed by atoms with Crippen LogP contribution in [0.1, 0.15) is 25.0 Å². The van der Waals surface area contributed by atoms with Gasteiger partial charge in [0.25, 0.3) is 5.56 Å². The summed E-state index contributed by atoms with van der Waals surface area (Å²) in [5, 5.41) is 9.40. The molecule has 0 N–H and O–H groups in total. The lowest BCUT2D eigenvalue weighted by atomic mass is 9.96. The zero-order valence-corrected chi connectivity index (χ0v) is 22.3. The number of allylic oxidation sites excluding steroid dienone is 2. The molecule has 0 bridgehead atoms. The maximum Gasteiger partial charge on any atom is 0.297 e. The minimum Gasteiger partial charge on any atom is -0.283 e. The Bertz CT molecular complexity index is 1790. The number of nitrogens with zero attached hydrogens (tertiary/aromatic N) is 5. The average molecular weight is 520 g/mol. The van der Waals surface area contributed by atoms with E-state index in [4.69, 9.17) is 10.1 Å². The number of benzene rings is 3. The van der Waals surface area contributed by atoms with Crippen molar-refractivity contribution >= 4 is 34.0 Å². The van der Waals surface area contributed by atoms with Crippen LogP contribution in [0.5, 0.6) is 0 Å². The van der Waals surface area contributed by atoms with Gasteiger partial charge in [0.2, 0.25) is 4.80 Å². The second-order valence-corrected chi connectivity index (χ2v) is 10.4. The molecule has 0 radical (unpaired) electrons. The van der Waals surface area contributed by atoms with E-state index in [9.17, 15) is 4.79 Å². The Morgan fingerprint density at radius 1 is 0.974 bits per heavy atom. The van der Waals surface area contributed by atoms with Crippen molar-refractivity contribution in [1.82, 2.24) is 14.0 Å². The molecule has 1 unspecified atom stereocenters. The second kappa shape index (κ2) is 10.3. The highest BCUT2D eigenvalue weighted by Gasteiger charge is 2.17. The molecule has 1 atom stereocenters. The molecule has 2 aromatic heterocycles. The van der Waals surface area contributed by atoms with Crippen LogP contribution in [-0.4, -0.2) is 20.3 Å². The number of rotatable bonds is 5. The van der Waals surface area contributed by atoms with Gasteiger partial charge in [-0.2, -0.15) is 5.10 Å². The lowest BCUT2D eigenvalue weighted by Crippen LogP contribution is -2.20. The Morgan fingerprint density at radius 2 is 1.76 bits per heavy atom. The van der Waals surface area contributed by atoms with Gasteiger partial charge in [-0.15, -0.1) is 11.3 Å². The average Bonchev–Trinajstić information content (AvgIpc) is 3.45. The number of hydrogen-bond donors (Lipinski definition) is 0. The predicted molar refractivity (Wildman–Crippen MR) is 157 cm³/mol. The molecular formula is C31H29N5OS. The molecule has 2 heterocycles. The van der Waals surface area contributed by atoms with Gasteiger partial charge < -0.3 is 0 Å². The third-order valence-corrected chi connectivity index (χ3v) is 8.00. The monoisotopic (exact) mass is 519 g/mol. The van der Waals surface area contributed by atoms with E-state index in [-0.39, 0.29) is 5.56 Å². The molecule has 3 aromatic carbocycles. The second-order valence-electron chi connectivity index (χ2n) is 9.57. The first-order valence-corrected chi connectivity index (χ1v) is 13.8. The van der Waals surface area contributed by atoms with E-state index in [2.05, 4.69) is 60.0 Å². The van der Waals surface area contributed by atoms with Gasteiger partial charge in [0.1, 0.15) is 0 Å². The Balaban J connectivity index is 1.55. The highest BCUT2D eigenvalue weighted by molar-refractivity contribution is 7.07. The zero-order chi connectivity index (χ0) is 26.1. The van der Waals surface area contributed by atoms with Gasteiger partial charge in [0.15, 0.2) is 5.69 Å². The third-order valence-electron chi connectivity index (χ3n) is 7.18. The van der Waals surface area contributed by atoms with E-state index < -0.39 is 0 Å². The van der Waals surface area contributed by atoms with Gasteiger partial charge in [-0.1, -0.05) is 72.8 Å². The fourth-order valence-corrected chi connectivity index (χ4v) is 5.85. The van der Waals surface area contributed by atoms with Crippen LogP contribution in [0.25, 0.3) is 27.7 Å². The molecule has 1 aliphatic carbocycles. The molecule has 0 saturated carbocycles. The van der Waals surface area contributed by atoms with Crippen LogP contribution in [0, 0.1) is 12.8 Å². The minimum absolute atomic E-state index is 0.149. The van der Waals surface area contributed by atoms with E-state index in [0.717, 1.165) is 47.3 Å². The highest BCUT2D eigenvalue weighted by atomic mass is 32.1. The topological polar surface area (TPSA) is 56.6 Å². The largest absolute Gasteiger partial charge is 0.297 e. The number of thiazole rings is 1. The molecule has 5 aromatic rings. The van der Waals surface area contributed by atoms with Crippen molar-refractivity contribution in [2.75, 3.05) is 0 Å². The van der Waals surface area contributed by atoms with Gasteiger partial charge in [0.05, 0.1) is 17.1 Å². The summed E-state index contributed by atoms with van der Waals surface area (Å²) in [5.74, 6) is 0.384. The van der Waals surface area contributed by atoms with Crippen molar-refractivity contribution in [1.29, 1.82) is 0 Å². The molecule has 0 saturated heterocycles. The molecule has 38 heavy (non-hydrogen) atoms. The van der Waals surface area contributed by atoms with Crippen LogP contribution in [0.15, 0.2) is 105 Å². The van der Waals surface area contributed by atoms with Crippen LogP contribution < -0.4 is 10.4 Å². The van der Waals surface area contributed by atoms with Gasteiger partial charge >= 0.3 is 0 Å².